The lowest BCUT2D eigenvalue weighted by Gasteiger charge is -2.29. The molecule has 0 bridgehead atoms. The first kappa shape index (κ1) is 25.0. The monoisotopic (exact) mass is 519 g/mol. The highest BCUT2D eigenvalue weighted by molar-refractivity contribution is 6.30. The highest BCUT2D eigenvalue weighted by atomic mass is 35.5. The van der Waals surface area contributed by atoms with Crippen LogP contribution in [0.2, 0.25) is 5.02 Å². The van der Waals surface area contributed by atoms with Crippen LogP contribution in [-0.2, 0) is 6.54 Å². The number of carbonyl (C=O) groups is 1. The average Bonchev–Trinajstić information content (AvgIpc) is 3.17. The lowest BCUT2D eigenvalue weighted by molar-refractivity contribution is 0.0919. The molecule has 1 amide bonds. The molecule has 3 aromatic heterocycles. The van der Waals surface area contributed by atoms with E-state index in [1.165, 1.54) is 0 Å². The smallest absolute Gasteiger partial charge is 0.333 e. The summed E-state index contributed by atoms with van der Waals surface area (Å²) >= 11 is 6.04. The van der Waals surface area contributed by atoms with Crippen LogP contribution in [0, 0.1) is 19.8 Å². The Morgan fingerprint density at radius 2 is 1.81 bits per heavy atom. The van der Waals surface area contributed by atoms with Gasteiger partial charge in [0.25, 0.3) is 5.91 Å². The average molecular weight is 520 g/mol. The van der Waals surface area contributed by atoms with Crippen LogP contribution in [0.3, 0.4) is 0 Å². The summed E-state index contributed by atoms with van der Waals surface area (Å²) in [4.78, 5) is 35.0. The third-order valence-corrected chi connectivity index (χ3v) is 7.47. The topological polar surface area (TPSA) is 91.0 Å². The number of hydrogen-bond donors (Lipinski definition) is 1. The van der Waals surface area contributed by atoms with Gasteiger partial charge in [0, 0.05) is 24.8 Å². The van der Waals surface area contributed by atoms with E-state index in [-0.39, 0.29) is 17.6 Å². The van der Waals surface area contributed by atoms with E-state index in [9.17, 15) is 9.59 Å². The fourth-order valence-electron chi connectivity index (χ4n) is 5.23. The lowest BCUT2D eigenvalue weighted by atomic mass is 9.85. The van der Waals surface area contributed by atoms with E-state index in [4.69, 9.17) is 16.3 Å². The molecule has 1 aliphatic carbocycles. The number of pyridine rings is 2. The minimum atomic E-state index is -0.140. The number of ether oxygens (including phenoxy) is 1. The summed E-state index contributed by atoms with van der Waals surface area (Å²) in [6, 6.07) is 11.5. The predicted molar refractivity (Wildman–Crippen MR) is 144 cm³/mol. The molecular weight excluding hydrogens is 490 g/mol. The molecule has 1 fully saturated rings. The number of nitrogens with one attached hydrogen (secondary N) is 1. The van der Waals surface area contributed by atoms with Crippen LogP contribution >= 0.6 is 11.6 Å². The Kier molecular flexibility index (Phi) is 7.02. The fraction of sp³-hybridized carbons (Fsp3) is 0.357. The third kappa shape index (κ3) is 4.98. The second kappa shape index (κ2) is 10.4. The number of methoxy groups -OCH3 is 1. The molecule has 1 aliphatic rings. The molecule has 37 heavy (non-hydrogen) atoms. The SMILES string of the molecule is COc1cc(C)c(-n2c(=O)n(C[C@H]3CC[C@H](NC(=O)c4cc(Cl)cnc4C)CC3)c3ccccc32)cn1. The molecule has 5 rings (SSSR count). The van der Waals surface area contributed by atoms with Crippen LogP contribution < -0.4 is 15.7 Å². The number of aromatic nitrogens is 4. The zero-order chi connectivity index (χ0) is 26.1. The largest absolute Gasteiger partial charge is 0.481 e. The Morgan fingerprint density at radius 3 is 2.51 bits per heavy atom. The molecule has 0 unspecified atom stereocenters. The summed E-state index contributed by atoms with van der Waals surface area (Å²) < 4.78 is 8.86. The lowest BCUT2D eigenvalue weighted by Crippen LogP contribution is -2.39. The van der Waals surface area contributed by atoms with E-state index in [1.54, 1.807) is 37.1 Å². The van der Waals surface area contributed by atoms with Gasteiger partial charge < -0.3 is 10.1 Å². The summed E-state index contributed by atoms with van der Waals surface area (Å²) in [5.74, 6) is 0.720. The van der Waals surface area contributed by atoms with Crippen LogP contribution in [0.5, 0.6) is 5.88 Å². The van der Waals surface area contributed by atoms with Crippen molar-refractivity contribution in [2.24, 2.45) is 5.92 Å². The van der Waals surface area contributed by atoms with Gasteiger partial charge in [-0.15, -0.1) is 0 Å². The van der Waals surface area contributed by atoms with Gasteiger partial charge in [0.1, 0.15) is 0 Å². The molecule has 0 spiro atoms. The van der Waals surface area contributed by atoms with Gasteiger partial charge in [0.05, 0.1) is 46.3 Å². The van der Waals surface area contributed by atoms with Gasteiger partial charge in [0.2, 0.25) is 5.88 Å². The van der Waals surface area contributed by atoms with Crippen molar-refractivity contribution in [3.8, 4) is 11.6 Å². The van der Waals surface area contributed by atoms with Crippen LogP contribution in [-0.4, -0.2) is 38.2 Å². The molecule has 4 aromatic rings. The zero-order valence-electron chi connectivity index (χ0n) is 21.2. The Balaban J connectivity index is 1.33. The van der Waals surface area contributed by atoms with Gasteiger partial charge in [-0.2, -0.15) is 0 Å². The maximum atomic E-state index is 13.7. The van der Waals surface area contributed by atoms with Gasteiger partial charge in [0.15, 0.2) is 0 Å². The molecule has 0 aliphatic heterocycles. The van der Waals surface area contributed by atoms with Crippen molar-refractivity contribution in [3.63, 3.8) is 0 Å². The number of benzene rings is 1. The van der Waals surface area contributed by atoms with E-state index < -0.39 is 0 Å². The van der Waals surface area contributed by atoms with Crippen molar-refractivity contribution in [2.45, 2.75) is 52.1 Å². The number of rotatable bonds is 6. The number of imidazole rings is 1. The zero-order valence-corrected chi connectivity index (χ0v) is 22.0. The Hall–Kier alpha value is -3.65. The minimum Gasteiger partial charge on any atom is -0.481 e. The molecule has 1 aromatic carbocycles. The fourth-order valence-corrected chi connectivity index (χ4v) is 5.39. The molecule has 1 saturated carbocycles. The number of hydrogen-bond acceptors (Lipinski definition) is 5. The van der Waals surface area contributed by atoms with Gasteiger partial charge in [-0.25, -0.2) is 9.78 Å². The first-order valence-electron chi connectivity index (χ1n) is 12.5. The molecule has 192 valence electrons. The van der Waals surface area contributed by atoms with Crippen molar-refractivity contribution >= 4 is 28.5 Å². The third-order valence-electron chi connectivity index (χ3n) is 7.26. The second-order valence-electron chi connectivity index (χ2n) is 9.71. The first-order valence-corrected chi connectivity index (χ1v) is 12.9. The number of nitrogens with zero attached hydrogens (tertiary/aromatic N) is 4. The molecule has 1 N–H and O–H groups in total. The summed E-state index contributed by atoms with van der Waals surface area (Å²) in [6.45, 7) is 4.39. The maximum absolute atomic E-state index is 13.7. The minimum absolute atomic E-state index is 0.0735. The first-order chi connectivity index (χ1) is 17.9. The van der Waals surface area contributed by atoms with Gasteiger partial charge in [-0.3, -0.25) is 18.9 Å². The highest BCUT2D eigenvalue weighted by Crippen LogP contribution is 2.28. The number of fused-ring (bicyclic) bond motifs is 1. The summed E-state index contributed by atoms with van der Waals surface area (Å²) in [6.07, 6.45) is 6.80. The second-order valence-corrected chi connectivity index (χ2v) is 10.1. The van der Waals surface area contributed by atoms with Gasteiger partial charge in [-0.1, -0.05) is 23.7 Å². The van der Waals surface area contributed by atoms with E-state index in [2.05, 4.69) is 15.3 Å². The van der Waals surface area contributed by atoms with E-state index in [0.29, 0.717) is 34.6 Å². The molecule has 0 atom stereocenters. The highest BCUT2D eigenvalue weighted by Gasteiger charge is 2.26. The number of halogens is 1. The Labute approximate surface area is 220 Å². The standard InChI is InChI=1S/C28H30ClN5O3/c1-17-12-26(37-3)31-15-25(17)34-24-7-5-4-6-23(24)33(28(34)36)16-19-8-10-21(11-9-19)32-27(35)22-13-20(29)14-30-18(22)2/h4-7,12-15,19,21H,8-11,16H2,1-3H3,(H,32,35)/t19-,21-. The summed E-state index contributed by atoms with van der Waals surface area (Å²) in [7, 11) is 1.58. The number of para-hydroxylation sites is 2. The molecule has 8 nitrogen and oxygen atoms in total. The van der Waals surface area contributed by atoms with E-state index in [0.717, 1.165) is 48.0 Å². The van der Waals surface area contributed by atoms with E-state index in [1.807, 2.05) is 41.8 Å². The van der Waals surface area contributed by atoms with Crippen molar-refractivity contribution in [2.75, 3.05) is 7.11 Å². The van der Waals surface area contributed by atoms with Crippen LogP contribution in [0.1, 0.15) is 47.3 Å². The predicted octanol–water partition coefficient (Wildman–Crippen LogP) is 4.85. The Bertz CT molecular complexity index is 1520. The summed E-state index contributed by atoms with van der Waals surface area (Å²) in [5, 5.41) is 3.59. The quantitative estimate of drug-likeness (QED) is 0.393. The Morgan fingerprint density at radius 1 is 1.08 bits per heavy atom. The van der Waals surface area contributed by atoms with Crippen molar-refractivity contribution in [3.05, 3.63) is 81.1 Å². The molecule has 0 saturated heterocycles. The van der Waals surface area contributed by atoms with Crippen molar-refractivity contribution in [1.82, 2.24) is 24.4 Å². The molecular formula is C28H30ClN5O3. The normalized spacial score (nSPS) is 17.6. The van der Waals surface area contributed by atoms with Crippen molar-refractivity contribution < 1.29 is 9.53 Å². The molecule has 0 radical (unpaired) electrons. The van der Waals surface area contributed by atoms with Gasteiger partial charge >= 0.3 is 5.69 Å². The van der Waals surface area contributed by atoms with Crippen LogP contribution in [0.25, 0.3) is 16.7 Å². The molecule has 9 heteroatoms. The van der Waals surface area contributed by atoms with Crippen LogP contribution in [0.15, 0.2) is 53.6 Å². The number of aryl methyl sites for hydroxylation is 2. The van der Waals surface area contributed by atoms with Crippen molar-refractivity contribution in [1.29, 1.82) is 0 Å². The maximum Gasteiger partial charge on any atom is 0.333 e. The molecule has 3 heterocycles. The van der Waals surface area contributed by atoms with Crippen LogP contribution in [0.4, 0.5) is 0 Å². The summed E-state index contributed by atoms with van der Waals surface area (Å²) in [5.41, 5.74) is 4.52. The number of amides is 1. The number of carbonyl (C=O) groups excluding carboxylic acids is 1. The van der Waals surface area contributed by atoms with Gasteiger partial charge in [-0.05, 0) is 69.2 Å². The van der Waals surface area contributed by atoms with E-state index >= 15 is 0 Å².